The number of phosphoric acid groups is 2. The van der Waals surface area contributed by atoms with Crippen LogP contribution in [0.5, 0.6) is 0 Å². The monoisotopic (exact) mass is 547 g/mol. The van der Waals surface area contributed by atoms with E-state index in [0.717, 1.165) is 0 Å². The zero-order chi connectivity index (χ0) is 23.8. The molecule has 12 nitrogen and oxygen atoms in total. The number of hydrogen-bond donors (Lipinski definition) is 2. The largest absolute Gasteiger partial charge is 0.472 e. The van der Waals surface area contributed by atoms with Crippen molar-refractivity contribution in [1.82, 2.24) is 0 Å². The molecule has 0 saturated carbocycles. The van der Waals surface area contributed by atoms with Gasteiger partial charge < -0.3 is 28.7 Å². The van der Waals surface area contributed by atoms with Gasteiger partial charge in [-0.25, -0.2) is 9.13 Å². The first kappa shape index (κ1) is 36.2. The Kier molecular flexibility index (Phi) is 23.3. The number of ether oxygens (including phenoxy) is 4. The van der Waals surface area contributed by atoms with E-state index in [9.17, 15) is 18.9 Å². The predicted octanol–water partition coefficient (Wildman–Crippen LogP) is 2.38. The van der Waals surface area contributed by atoms with Crippen molar-refractivity contribution in [3.05, 3.63) is 0 Å². The Hall–Kier alpha value is 0.579. The first-order valence-corrected chi connectivity index (χ1v) is 12.2. The summed E-state index contributed by atoms with van der Waals surface area (Å²) in [4.78, 5) is 18.6. The normalized spacial score (nSPS) is 18.9. The first-order valence-electron chi connectivity index (χ1n) is 9.17. The molecule has 0 spiro atoms. The summed E-state index contributed by atoms with van der Waals surface area (Å²) in [6.07, 6.45) is -2.00. The number of rotatable bonds is 16. The Morgan fingerprint density at radius 2 is 0.710 bits per heavy atom. The van der Waals surface area contributed by atoms with Crippen LogP contribution >= 0.6 is 15.6 Å². The molecule has 0 aliphatic carbocycles. The summed E-state index contributed by atoms with van der Waals surface area (Å²) in [6, 6.07) is 0. The molecule has 195 valence electrons. The second kappa shape index (κ2) is 20.0. The molecule has 2 N–H and O–H groups in total. The molecule has 4 unspecified atom stereocenters. The predicted molar refractivity (Wildman–Crippen MR) is 109 cm³/mol. The zero-order valence-electron chi connectivity index (χ0n) is 19.3. The molecular formula is C16H38CuO12P2. The minimum atomic E-state index is -4.02. The average molecular weight is 548 g/mol. The second-order valence-corrected chi connectivity index (χ2v) is 9.14. The Morgan fingerprint density at radius 3 is 0.839 bits per heavy atom. The van der Waals surface area contributed by atoms with Crippen molar-refractivity contribution in [2.45, 2.75) is 52.1 Å². The van der Waals surface area contributed by atoms with E-state index in [1.807, 2.05) is 0 Å². The van der Waals surface area contributed by atoms with Gasteiger partial charge in [-0.2, -0.15) is 0 Å². The van der Waals surface area contributed by atoms with Crippen LogP contribution in [0.15, 0.2) is 0 Å². The van der Waals surface area contributed by atoms with E-state index in [0.29, 0.717) is 0 Å². The van der Waals surface area contributed by atoms with Crippen LogP contribution in [-0.2, 0) is 63.2 Å². The molecule has 31 heavy (non-hydrogen) atoms. The van der Waals surface area contributed by atoms with Crippen molar-refractivity contribution in [2.24, 2.45) is 0 Å². The van der Waals surface area contributed by atoms with Gasteiger partial charge in [-0.15, -0.1) is 0 Å². The zero-order valence-corrected chi connectivity index (χ0v) is 22.0. The van der Waals surface area contributed by atoms with Crippen LogP contribution in [0.3, 0.4) is 0 Å². The van der Waals surface area contributed by atoms with Gasteiger partial charge in [0, 0.05) is 45.5 Å². The van der Waals surface area contributed by atoms with Crippen LogP contribution in [0.25, 0.3) is 0 Å². The quantitative estimate of drug-likeness (QED) is 0.216. The van der Waals surface area contributed by atoms with Crippen LogP contribution in [-0.4, -0.2) is 89.1 Å². The maximum Gasteiger partial charge on any atom is 0.472 e. The van der Waals surface area contributed by atoms with Gasteiger partial charge in [0.1, 0.15) is 0 Å². The van der Waals surface area contributed by atoms with E-state index < -0.39 is 40.1 Å². The summed E-state index contributed by atoms with van der Waals surface area (Å²) < 4.78 is 61.0. The minimum absolute atomic E-state index is 0. The summed E-state index contributed by atoms with van der Waals surface area (Å²) in [5, 5.41) is 0. The fourth-order valence-electron chi connectivity index (χ4n) is 2.02. The van der Waals surface area contributed by atoms with E-state index in [2.05, 4.69) is 0 Å². The van der Waals surface area contributed by atoms with Crippen LogP contribution in [0.2, 0.25) is 0 Å². The maximum atomic E-state index is 11.4. The first-order chi connectivity index (χ1) is 13.8. The van der Waals surface area contributed by atoms with Crippen LogP contribution in [0, 0.1) is 0 Å². The van der Waals surface area contributed by atoms with E-state index in [4.69, 9.17) is 37.0 Å². The van der Waals surface area contributed by atoms with Gasteiger partial charge in [-0.1, -0.05) is 0 Å². The van der Waals surface area contributed by atoms with Gasteiger partial charge in [-0.3, -0.25) is 18.1 Å². The van der Waals surface area contributed by atoms with Crippen LogP contribution < -0.4 is 0 Å². The minimum Gasteiger partial charge on any atom is -0.382 e. The molecule has 1 radical (unpaired) electrons. The van der Waals surface area contributed by atoms with Crippen molar-refractivity contribution in [3.63, 3.8) is 0 Å². The van der Waals surface area contributed by atoms with Gasteiger partial charge in [0.2, 0.25) is 0 Å². The van der Waals surface area contributed by atoms with Crippen molar-refractivity contribution in [3.8, 4) is 0 Å². The Morgan fingerprint density at radius 1 is 0.548 bits per heavy atom. The molecule has 0 aromatic rings. The molecule has 0 saturated heterocycles. The third kappa shape index (κ3) is 23.5. The Bertz CT molecular complexity index is 433. The molecule has 0 aromatic carbocycles. The van der Waals surface area contributed by atoms with Crippen LogP contribution in [0.1, 0.15) is 27.7 Å². The second-order valence-electron chi connectivity index (χ2n) is 6.42. The summed E-state index contributed by atoms with van der Waals surface area (Å²) >= 11 is 0. The molecule has 0 heterocycles. The average Bonchev–Trinajstić information content (AvgIpc) is 2.53. The Labute approximate surface area is 195 Å². The van der Waals surface area contributed by atoms with Crippen LogP contribution in [0.4, 0.5) is 0 Å². The number of methoxy groups -OCH3 is 4. The topological polar surface area (TPSA) is 148 Å². The molecular weight excluding hydrogens is 510 g/mol. The van der Waals surface area contributed by atoms with E-state index in [1.165, 1.54) is 28.4 Å². The number of phosphoric ester groups is 2. The van der Waals surface area contributed by atoms with E-state index >= 15 is 0 Å². The molecule has 0 aliphatic rings. The molecule has 0 rings (SSSR count). The molecule has 4 atom stereocenters. The standard InChI is InChI=1S/2C8H19O6P.Cu/c2*1-7(5-11-3)13-15(9,10)14-8(2)6-12-4;/h2*7-8H,5-6H2,1-4H3,(H,9,10);. The molecule has 0 fully saturated rings. The third-order valence-electron chi connectivity index (χ3n) is 2.86. The molecule has 0 aromatic heterocycles. The summed E-state index contributed by atoms with van der Waals surface area (Å²) in [7, 11) is -2.12. The van der Waals surface area contributed by atoms with Crippen molar-refractivity contribution in [2.75, 3.05) is 54.9 Å². The third-order valence-corrected chi connectivity index (χ3v) is 5.36. The van der Waals surface area contributed by atoms with Gasteiger partial charge >= 0.3 is 15.6 Å². The number of hydrogen-bond acceptors (Lipinski definition) is 10. The Balaban J connectivity index is -0.000000490. The van der Waals surface area contributed by atoms with Crippen molar-refractivity contribution >= 4 is 15.6 Å². The molecule has 0 bridgehead atoms. The van der Waals surface area contributed by atoms with Gasteiger partial charge in [0.25, 0.3) is 0 Å². The summed E-state index contributed by atoms with van der Waals surface area (Å²) in [6.45, 7) is 7.40. The van der Waals surface area contributed by atoms with Gasteiger partial charge in [-0.05, 0) is 27.7 Å². The maximum absolute atomic E-state index is 11.4. The smallest absolute Gasteiger partial charge is 0.382 e. The molecule has 0 aliphatic heterocycles. The van der Waals surface area contributed by atoms with Gasteiger partial charge in [0.05, 0.1) is 50.8 Å². The molecule has 0 amide bonds. The summed E-state index contributed by atoms with van der Waals surface area (Å²) in [5.41, 5.74) is 0. The fraction of sp³-hybridized carbons (Fsp3) is 1.00. The molecule has 15 heteroatoms. The van der Waals surface area contributed by atoms with Crippen molar-refractivity contribution in [1.29, 1.82) is 0 Å². The summed E-state index contributed by atoms with van der Waals surface area (Å²) in [5.74, 6) is 0. The SMILES string of the molecule is COCC(C)OP(=O)(O)OC(C)COC.COCC(C)OP(=O)(O)OC(C)COC.[Cu]. The fourth-order valence-corrected chi connectivity index (χ4v) is 4.18. The van der Waals surface area contributed by atoms with E-state index in [1.54, 1.807) is 27.7 Å². The van der Waals surface area contributed by atoms with E-state index in [-0.39, 0.29) is 43.5 Å². The van der Waals surface area contributed by atoms with Crippen molar-refractivity contribution < 1.29 is 73.0 Å². The van der Waals surface area contributed by atoms with Gasteiger partial charge in [0.15, 0.2) is 0 Å².